The standard InChI is InChI=1S/C7H10F3NO/c1-11-6(12)4-2-5(3-4)7(8,9)10/h4-5H,2-3H2,1H3,(H,11,12). The van der Waals surface area contributed by atoms with Crippen molar-refractivity contribution in [1.82, 2.24) is 5.32 Å². The fourth-order valence-corrected chi connectivity index (χ4v) is 1.30. The normalized spacial score (nSPS) is 29.3. The average Bonchev–Trinajstić information content (AvgIpc) is 1.80. The van der Waals surface area contributed by atoms with E-state index in [-0.39, 0.29) is 18.7 Å². The van der Waals surface area contributed by atoms with Crippen LogP contribution in [0.4, 0.5) is 13.2 Å². The van der Waals surface area contributed by atoms with Crippen LogP contribution in [-0.2, 0) is 4.79 Å². The van der Waals surface area contributed by atoms with Crippen LogP contribution >= 0.6 is 0 Å². The Hall–Kier alpha value is -0.740. The number of amides is 1. The SMILES string of the molecule is CNC(=O)C1CC(C(F)(F)F)C1. The molecule has 2 nitrogen and oxygen atoms in total. The Bertz CT molecular complexity index is 184. The highest BCUT2D eigenvalue weighted by molar-refractivity contribution is 5.79. The van der Waals surface area contributed by atoms with Gasteiger partial charge in [-0.2, -0.15) is 13.2 Å². The number of alkyl halides is 3. The fraction of sp³-hybridized carbons (Fsp3) is 0.857. The van der Waals surface area contributed by atoms with Crippen LogP contribution in [0.1, 0.15) is 12.8 Å². The van der Waals surface area contributed by atoms with Crippen LogP contribution in [0.25, 0.3) is 0 Å². The van der Waals surface area contributed by atoms with Crippen LogP contribution in [0.15, 0.2) is 0 Å². The van der Waals surface area contributed by atoms with E-state index in [1.54, 1.807) is 0 Å². The second kappa shape index (κ2) is 2.95. The van der Waals surface area contributed by atoms with Gasteiger partial charge in [0.15, 0.2) is 0 Å². The Morgan fingerprint density at radius 1 is 1.42 bits per heavy atom. The number of nitrogens with one attached hydrogen (secondary N) is 1. The Kier molecular flexibility index (Phi) is 2.30. The van der Waals surface area contributed by atoms with E-state index in [0.717, 1.165) is 0 Å². The van der Waals surface area contributed by atoms with Crippen molar-refractivity contribution < 1.29 is 18.0 Å². The number of hydrogen-bond donors (Lipinski definition) is 1. The maximum Gasteiger partial charge on any atom is 0.391 e. The molecule has 5 heteroatoms. The molecule has 1 fully saturated rings. The summed E-state index contributed by atoms with van der Waals surface area (Å²) in [4.78, 5) is 10.8. The highest BCUT2D eigenvalue weighted by Crippen LogP contribution is 2.44. The average molecular weight is 181 g/mol. The van der Waals surface area contributed by atoms with Crippen molar-refractivity contribution >= 4 is 5.91 Å². The molecule has 1 amide bonds. The zero-order valence-electron chi connectivity index (χ0n) is 6.61. The minimum Gasteiger partial charge on any atom is -0.359 e. The smallest absolute Gasteiger partial charge is 0.359 e. The highest BCUT2D eigenvalue weighted by atomic mass is 19.4. The number of carbonyl (C=O) groups is 1. The molecule has 0 atom stereocenters. The number of rotatable bonds is 1. The third-order valence-corrected chi connectivity index (χ3v) is 2.22. The Labute approximate surface area is 68.1 Å². The molecule has 1 rings (SSSR count). The van der Waals surface area contributed by atoms with Crippen LogP contribution in [-0.4, -0.2) is 19.1 Å². The van der Waals surface area contributed by atoms with E-state index < -0.39 is 18.0 Å². The van der Waals surface area contributed by atoms with Gasteiger partial charge in [0.1, 0.15) is 0 Å². The quantitative estimate of drug-likeness (QED) is 0.649. The van der Waals surface area contributed by atoms with Gasteiger partial charge >= 0.3 is 6.18 Å². The van der Waals surface area contributed by atoms with Crippen LogP contribution in [0.2, 0.25) is 0 Å². The maximum atomic E-state index is 11.9. The molecule has 0 aromatic carbocycles. The van der Waals surface area contributed by atoms with E-state index in [1.165, 1.54) is 7.05 Å². The van der Waals surface area contributed by atoms with Gasteiger partial charge in [0.25, 0.3) is 0 Å². The first kappa shape index (κ1) is 9.35. The Balaban J connectivity index is 2.34. The molecule has 0 bridgehead atoms. The molecular weight excluding hydrogens is 171 g/mol. The summed E-state index contributed by atoms with van der Waals surface area (Å²) in [6, 6.07) is 0. The van der Waals surface area contributed by atoms with Gasteiger partial charge in [0.05, 0.1) is 5.92 Å². The minimum atomic E-state index is -4.12. The number of carbonyl (C=O) groups excluding carboxylic acids is 1. The molecule has 0 spiro atoms. The minimum absolute atomic E-state index is 0.0524. The second-order valence-electron chi connectivity index (χ2n) is 3.02. The molecule has 0 aliphatic heterocycles. The zero-order valence-corrected chi connectivity index (χ0v) is 6.61. The summed E-state index contributed by atoms with van der Waals surface area (Å²) < 4.78 is 35.7. The first-order valence-electron chi connectivity index (χ1n) is 3.73. The molecule has 1 N–H and O–H groups in total. The van der Waals surface area contributed by atoms with E-state index in [2.05, 4.69) is 5.32 Å². The molecular formula is C7H10F3NO. The first-order chi connectivity index (χ1) is 5.45. The van der Waals surface area contributed by atoms with Crippen molar-refractivity contribution in [1.29, 1.82) is 0 Å². The highest BCUT2D eigenvalue weighted by Gasteiger charge is 2.49. The molecule has 70 valence electrons. The zero-order chi connectivity index (χ0) is 9.35. The lowest BCUT2D eigenvalue weighted by Crippen LogP contribution is -2.42. The van der Waals surface area contributed by atoms with Gasteiger partial charge in [-0.15, -0.1) is 0 Å². The van der Waals surface area contributed by atoms with E-state index in [0.29, 0.717) is 0 Å². The van der Waals surface area contributed by atoms with Gasteiger partial charge in [0, 0.05) is 13.0 Å². The van der Waals surface area contributed by atoms with E-state index in [4.69, 9.17) is 0 Å². The topological polar surface area (TPSA) is 29.1 Å². The van der Waals surface area contributed by atoms with Crippen molar-refractivity contribution in [3.63, 3.8) is 0 Å². The largest absolute Gasteiger partial charge is 0.391 e. The second-order valence-corrected chi connectivity index (χ2v) is 3.02. The van der Waals surface area contributed by atoms with Gasteiger partial charge in [-0.1, -0.05) is 0 Å². The van der Waals surface area contributed by atoms with Crippen molar-refractivity contribution in [2.45, 2.75) is 19.0 Å². The molecule has 0 heterocycles. The van der Waals surface area contributed by atoms with Gasteiger partial charge in [-0.05, 0) is 12.8 Å². The molecule has 0 unspecified atom stereocenters. The van der Waals surface area contributed by atoms with Crippen LogP contribution in [0, 0.1) is 11.8 Å². The first-order valence-corrected chi connectivity index (χ1v) is 3.73. The van der Waals surface area contributed by atoms with E-state index in [9.17, 15) is 18.0 Å². The molecule has 12 heavy (non-hydrogen) atoms. The lowest BCUT2D eigenvalue weighted by Gasteiger charge is -2.34. The van der Waals surface area contributed by atoms with Gasteiger partial charge < -0.3 is 5.32 Å². The lowest BCUT2D eigenvalue weighted by atomic mass is 9.74. The fourth-order valence-electron chi connectivity index (χ4n) is 1.30. The monoisotopic (exact) mass is 181 g/mol. The van der Waals surface area contributed by atoms with Gasteiger partial charge in [-0.25, -0.2) is 0 Å². The van der Waals surface area contributed by atoms with E-state index >= 15 is 0 Å². The van der Waals surface area contributed by atoms with Crippen molar-refractivity contribution in [2.24, 2.45) is 11.8 Å². The molecule has 0 radical (unpaired) electrons. The Morgan fingerprint density at radius 2 is 1.92 bits per heavy atom. The summed E-state index contributed by atoms with van der Waals surface area (Å²) in [7, 11) is 1.43. The van der Waals surface area contributed by atoms with Crippen LogP contribution in [0.5, 0.6) is 0 Å². The molecule has 1 aliphatic carbocycles. The summed E-state index contributed by atoms with van der Waals surface area (Å²) in [5.41, 5.74) is 0. The summed E-state index contributed by atoms with van der Waals surface area (Å²) in [6.07, 6.45) is -4.23. The molecule has 1 saturated carbocycles. The van der Waals surface area contributed by atoms with E-state index in [1.807, 2.05) is 0 Å². The predicted octanol–water partition coefficient (Wildman–Crippen LogP) is 1.32. The van der Waals surface area contributed by atoms with Crippen LogP contribution < -0.4 is 5.32 Å². The van der Waals surface area contributed by atoms with Gasteiger partial charge in [0.2, 0.25) is 5.91 Å². The lowest BCUT2D eigenvalue weighted by molar-refractivity contribution is -0.204. The van der Waals surface area contributed by atoms with Crippen LogP contribution in [0.3, 0.4) is 0 Å². The van der Waals surface area contributed by atoms with Crippen molar-refractivity contribution in [3.05, 3.63) is 0 Å². The molecule has 0 aromatic rings. The maximum absolute atomic E-state index is 11.9. The summed E-state index contributed by atoms with van der Waals surface area (Å²) in [6.45, 7) is 0. The summed E-state index contributed by atoms with van der Waals surface area (Å²) >= 11 is 0. The molecule has 0 aromatic heterocycles. The number of halogens is 3. The van der Waals surface area contributed by atoms with Gasteiger partial charge in [-0.3, -0.25) is 4.79 Å². The molecule has 1 aliphatic rings. The predicted molar refractivity (Wildman–Crippen MR) is 36.3 cm³/mol. The van der Waals surface area contributed by atoms with Crippen molar-refractivity contribution in [3.8, 4) is 0 Å². The summed E-state index contributed by atoms with van der Waals surface area (Å²) in [5.74, 6) is -1.98. The van der Waals surface area contributed by atoms with Crippen molar-refractivity contribution in [2.75, 3.05) is 7.05 Å². The third kappa shape index (κ3) is 1.70. The third-order valence-electron chi connectivity index (χ3n) is 2.22. The Morgan fingerprint density at radius 3 is 2.25 bits per heavy atom. The summed E-state index contributed by atoms with van der Waals surface area (Å²) in [5, 5.41) is 2.33. The number of hydrogen-bond acceptors (Lipinski definition) is 1. The molecule has 0 saturated heterocycles.